The summed E-state index contributed by atoms with van der Waals surface area (Å²) in [6, 6.07) is 10.3. The molecule has 0 radical (unpaired) electrons. The highest BCUT2D eigenvalue weighted by Crippen LogP contribution is 2.34. The quantitative estimate of drug-likeness (QED) is 0.312. The van der Waals surface area contributed by atoms with Crippen molar-refractivity contribution in [1.82, 2.24) is 14.5 Å². The van der Waals surface area contributed by atoms with Gasteiger partial charge in [-0.05, 0) is 17.5 Å². The number of hydrogen-bond acceptors (Lipinski definition) is 6. The molecule has 0 aliphatic heterocycles. The molecule has 3 aromatic heterocycles. The van der Waals surface area contributed by atoms with Crippen molar-refractivity contribution in [1.29, 1.82) is 0 Å². The van der Waals surface area contributed by atoms with Gasteiger partial charge in [0.25, 0.3) is 5.56 Å². The van der Waals surface area contributed by atoms with Crippen molar-refractivity contribution < 1.29 is 9.18 Å². The van der Waals surface area contributed by atoms with Crippen molar-refractivity contribution in [3.8, 4) is 10.4 Å². The largest absolute Gasteiger partial charge is 0.341 e. The summed E-state index contributed by atoms with van der Waals surface area (Å²) < 4.78 is 15.3. The molecule has 0 spiro atoms. The highest BCUT2D eigenvalue weighted by atomic mass is 32.2. The van der Waals surface area contributed by atoms with Crippen molar-refractivity contribution in [3.05, 3.63) is 68.9 Å². The van der Waals surface area contributed by atoms with E-state index in [1.54, 1.807) is 43.6 Å². The molecule has 1 aromatic carbocycles. The molecule has 0 fully saturated rings. The Hall–Kier alpha value is -2.49. The third-order valence-corrected chi connectivity index (χ3v) is 7.47. The number of amides is 1. The van der Waals surface area contributed by atoms with Crippen LogP contribution < -0.4 is 5.56 Å². The molecule has 30 heavy (non-hydrogen) atoms. The van der Waals surface area contributed by atoms with Crippen LogP contribution in [-0.4, -0.2) is 33.2 Å². The van der Waals surface area contributed by atoms with Gasteiger partial charge in [0.1, 0.15) is 10.6 Å². The Morgan fingerprint density at radius 2 is 2.03 bits per heavy atom. The van der Waals surface area contributed by atoms with E-state index < -0.39 is 0 Å². The van der Waals surface area contributed by atoms with Crippen molar-refractivity contribution in [2.75, 3.05) is 12.8 Å². The van der Waals surface area contributed by atoms with E-state index in [0.29, 0.717) is 20.9 Å². The molecule has 0 saturated heterocycles. The van der Waals surface area contributed by atoms with Gasteiger partial charge in [-0.2, -0.15) is 0 Å². The number of thioether (sulfide) groups is 1. The Morgan fingerprint density at radius 1 is 1.23 bits per heavy atom. The number of nitrogens with zero attached hydrogens (tertiary/aromatic N) is 3. The fourth-order valence-corrected chi connectivity index (χ4v) is 5.72. The summed E-state index contributed by atoms with van der Waals surface area (Å²) in [5.74, 6) is -0.387. The molecule has 4 rings (SSSR count). The van der Waals surface area contributed by atoms with Gasteiger partial charge in [0, 0.05) is 42.0 Å². The predicted molar refractivity (Wildman–Crippen MR) is 122 cm³/mol. The van der Waals surface area contributed by atoms with Crippen LogP contribution in [0.25, 0.3) is 20.7 Å². The second-order valence-electron chi connectivity index (χ2n) is 6.70. The summed E-state index contributed by atoms with van der Waals surface area (Å²) in [7, 11) is 3.30. The lowest BCUT2D eigenvalue weighted by atomic mass is 10.2. The van der Waals surface area contributed by atoms with E-state index >= 15 is 0 Å². The smallest absolute Gasteiger partial charge is 0.263 e. The lowest BCUT2D eigenvalue weighted by molar-refractivity contribution is -0.127. The van der Waals surface area contributed by atoms with Gasteiger partial charge in [-0.15, -0.1) is 22.7 Å². The van der Waals surface area contributed by atoms with Crippen LogP contribution in [0.3, 0.4) is 0 Å². The zero-order valence-corrected chi connectivity index (χ0v) is 18.7. The van der Waals surface area contributed by atoms with Gasteiger partial charge in [0.2, 0.25) is 5.91 Å². The van der Waals surface area contributed by atoms with Gasteiger partial charge in [0.15, 0.2) is 5.16 Å². The lowest BCUT2D eigenvalue weighted by Gasteiger charge is -2.17. The standard InChI is InChI=1S/C21H18FN3O2S3/c1-24(10-13-6-3-4-7-15(13)22)17(26)12-30-21-23-19-18(20(27)25(21)2)14(11-29-19)16-8-5-9-28-16/h3-9,11H,10,12H2,1-2H3. The van der Waals surface area contributed by atoms with Crippen LogP contribution in [0.5, 0.6) is 0 Å². The maximum absolute atomic E-state index is 13.8. The van der Waals surface area contributed by atoms with Crippen LogP contribution in [0.1, 0.15) is 5.56 Å². The summed E-state index contributed by atoms with van der Waals surface area (Å²) >= 11 is 4.22. The minimum atomic E-state index is -0.335. The van der Waals surface area contributed by atoms with Crippen molar-refractivity contribution in [2.45, 2.75) is 11.7 Å². The molecular formula is C21H18FN3O2S3. The van der Waals surface area contributed by atoms with E-state index in [0.717, 1.165) is 10.4 Å². The Morgan fingerprint density at radius 3 is 2.77 bits per heavy atom. The van der Waals surface area contributed by atoms with Crippen molar-refractivity contribution >= 4 is 50.6 Å². The first kappa shape index (κ1) is 20.8. The first-order valence-electron chi connectivity index (χ1n) is 9.08. The van der Waals surface area contributed by atoms with Crippen molar-refractivity contribution in [3.63, 3.8) is 0 Å². The normalized spacial score (nSPS) is 11.2. The molecule has 0 bridgehead atoms. The number of aromatic nitrogens is 2. The fraction of sp³-hybridized carbons (Fsp3) is 0.190. The predicted octanol–water partition coefficient (Wildman–Crippen LogP) is 4.61. The topological polar surface area (TPSA) is 55.2 Å². The summed E-state index contributed by atoms with van der Waals surface area (Å²) in [6.45, 7) is 0.187. The Balaban J connectivity index is 1.52. The number of benzene rings is 1. The number of carbonyl (C=O) groups is 1. The van der Waals surface area contributed by atoms with Crippen LogP contribution in [-0.2, 0) is 18.4 Å². The van der Waals surface area contributed by atoms with Crippen LogP contribution in [0.2, 0.25) is 0 Å². The molecule has 1 amide bonds. The van der Waals surface area contributed by atoms with E-state index in [1.165, 1.54) is 38.6 Å². The first-order chi connectivity index (χ1) is 14.5. The Kier molecular flexibility index (Phi) is 6.03. The minimum absolute atomic E-state index is 0.111. The van der Waals surface area contributed by atoms with Crippen LogP contribution in [0.4, 0.5) is 4.39 Å². The summed E-state index contributed by atoms with van der Waals surface area (Å²) in [5.41, 5.74) is 1.24. The van der Waals surface area contributed by atoms with Gasteiger partial charge < -0.3 is 4.90 Å². The van der Waals surface area contributed by atoms with E-state index in [9.17, 15) is 14.0 Å². The van der Waals surface area contributed by atoms with Crippen molar-refractivity contribution in [2.24, 2.45) is 7.05 Å². The van der Waals surface area contributed by atoms with E-state index in [2.05, 4.69) is 4.98 Å². The molecule has 0 unspecified atom stereocenters. The molecule has 0 atom stereocenters. The van der Waals surface area contributed by atoms with E-state index in [1.807, 2.05) is 22.9 Å². The summed E-state index contributed by atoms with van der Waals surface area (Å²) in [6.07, 6.45) is 0. The summed E-state index contributed by atoms with van der Waals surface area (Å²) in [4.78, 5) is 33.3. The van der Waals surface area contributed by atoms with Gasteiger partial charge in [-0.3, -0.25) is 14.2 Å². The maximum atomic E-state index is 13.8. The Labute approximate surface area is 184 Å². The molecule has 9 heteroatoms. The summed E-state index contributed by atoms with van der Waals surface area (Å²) in [5, 5.41) is 5.02. The number of fused-ring (bicyclic) bond motifs is 1. The number of carbonyl (C=O) groups excluding carboxylic acids is 1. The second kappa shape index (κ2) is 8.71. The number of rotatable bonds is 6. The lowest BCUT2D eigenvalue weighted by Crippen LogP contribution is -2.28. The van der Waals surface area contributed by atoms with Gasteiger partial charge >= 0.3 is 0 Å². The molecule has 154 valence electrons. The molecule has 3 heterocycles. The third kappa shape index (κ3) is 4.05. The molecule has 5 nitrogen and oxygen atoms in total. The monoisotopic (exact) mass is 459 g/mol. The molecule has 0 saturated carbocycles. The molecule has 4 aromatic rings. The molecule has 0 aliphatic carbocycles. The fourth-order valence-electron chi connectivity index (χ4n) is 3.00. The number of thiophene rings is 2. The molecular weight excluding hydrogens is 441 g/mol. The van der Waals surface area contributed by atoms with E-state index in [4.69, 9.17) is 0 Å². The second-order valence-corrected chi connectivity index (χ2v) is 9.44. The SMILES string of the molecule is CN(Cc1ccccc1F)C(=O)CSc1nc2scc(-c3cccs3)c2c(=O)n1C. The van der Waals surface area contributed by atoms with Crippen LogP contribution >= 0.6 is 34.4 Å². The van der Waals surface area contributed by atoms with Gasteiger partial charge in [-0.1, -0.05) is 36.0 Å². The number of halogens is 1. The highest BCUT2D eigenvalue weighted by molar-refractivity contribution is 7.99. The highest BCUT2D eigenvalue weighted by Gasteiger charge is 2.18. The van der Waals surface area contributed by atoms with E-state index in [-0.39, 0.29) is 29.6 Å². The maximum Gasteiger partial charge on any atom is 0.263 e. The van der Waals surface area contributed by atoms with Crippen LogP contribution in [0, 0.1) is 5.82 Å². The minimum Gasteiger partial charge on any atom is -0.341 e. The Bertz CT molecular complexity index is 1260. The average molecular weight is 460 g/mol. The molecule has 0 N–H and O–H groups in total. The van der Waals surface area contributed by atoms with Gasteiger partial charge in [0.05, 0.1) is 11.1 Å². The average Bonchev–Trinajstić information content (AvgIpc) is 3.40. The molecule has 0 aliphatic rings. The number of hydrogen-bond donors (Lipinski definition) is 0. The zero-order chi connectivity index (χ0) is 21.3. The third-order valence-electron chi connectivity index (χ3n) is 4.68. The van der Waals surface area contributed by atoms with Gasteiger partial charge in [-0.25, -0.2) is 9.37 Å². The zero-order valence-electron chi connectivity index (χ0n) is 16.3. The van der Waals surface area contributed by atoms with Crippen LogP contribution in [0.15, 0.2) is 57.1 Å². The first-order valence-corrected chi connectivity index (χ1v) is 11.8.